The molecule has 0 heterocycles. The van der Waals surface area contributed by atoms with Gasteiger partial charge in [-0.25, -0.2) is 8.78 Å². The van der Waals surface area contributed by atoms with E-state index in [0.717, 1.165) is 11.6 Å². The Hall–Kier alpha value is -2.03. The molecule has 0 aliphatic carbocycles. The van der Waals surface area contributed by atoms with Crippen LogP contribution in [0.4, 0.5) is 8.78 Å². The number of carbonyl (C=O) groups is 1. The Morgan fingerprint density at radius 1 is 0.950 bits per heavy atom. The van der Waals surface area contributed by atoms with Crippen molar-refractivity contribution < 1.29 is 13.6 Å². The van der Waals surface area contributed by atoms with E-state index < -0.39 is 17.4 Å². The third-order valence-corrected chi connectivity index (χ3v) is 3.21. The number of benzene rings is 2. The zero-order valence-corrected chi connectivity index (χ0v) is 11.7. The largest absolute Gasteiger partial charge is 0.288 e. The second-order valence-electron chi connectivity index (χ2n) is 5.76. The minimum atomic E-state index is -1.10. The Kier molecular flexibility index (Phi) is 3.71. The number of ketones is 1. The van der Waals surface area contributed by atoms with Crippen LogP contribution in [0.25, 0.3) is 0 Å². The maximum Gasteiger partial charge on any atom is 0.196 e. The smallest absolute Gasteiger partial charge is 0.196 e. The van der Waals surface area contributed by atoms with Gasteiger partial charge >= 0.3 is 0 Å². The summed E-state index contributed by atoms with van der Waals surface area (Å²) in [5.74, 6) is -2.62. The molecular formula is C17H16F2O. The molecule has 0 aliphatic rings. The molecular weight excluding hydrogens is 258 g/mol. The van der Waals surface area contributed by atoms with E-state index in [1.807, 2.05) is 12.1 Å². The first-order chi connectivity index (χ1) is 9.30. The van der Waals surface area contributed by atoms with Gasteiger partial charge in [0.15, 0.2) is 17.4 Å². The van der Waals surface area contributed by atoms with Crippen LogP contribution in [0.15, 0.2) is 42.5 Å². The van der Waals surface area contributed by atoms with Crippen LogP contribution in [0.2, 0.25) is 0 Å². The van der Waals surface area contributed by atoms with Gasteiger partial charge in [0.25, 0.3) is 0 Å². The van der Waals surface area contributed by atoms with Crippen molar-refractivity contribution in [3.63, 3.8) is 0 Å². The Labute approximate surface area is 117 Å². The number of carbonyl (C=O) groups excluding carboxylic acids is 1. The fraction of sp³-hybridized carbons (Fsp3) is 0.235. The monoisotopic (exact) mass is 274 g/mol. The highest BCUT2D eigenvalue weighted by Crippen LogP contribution is 2.23. The molecule has 2 rings (SSSR count). The molecule has 0 saturated carbocycles. The normalized spacial score (nSPS) is 11.4. The highest BCUT2D eigenvalue weighted by molar-refractivity contribution is 6.09. The molecule has 20 heavy (non-hydrogen) atoms. The standard InChI is InChI=1S/C17H16F2O/c1-17(2,3)12-9-7-11(8-10-12)16(20)13-5-4-6-14(18)15(13)19/h4-10H,1-3H3. The molecule has 0 unspecified atom stereocenters. The summed E-state index contributed by atoms with van der Waals surface area (Å²) in [7, 11) is 0. The van der Waals surface area contributed by atoms with Gasteiger partial charge in [-0.2, -0.15) is 0 Å². The van der Waals surface area contributed by atoms with Gasteiger partial charge in [0.2, 0.25) is 0 Å². The summed E-state index contributed by atoms with van der Waals surface area (Å²) in [6.07, 6.45) is 0. The zero-order valence-electron chi connectivity index (χ0n) is 11.7. The average molecular weight is 274 g/mol. The summed E-state index contributed by atoms with van der Waals surface area (Å²) in [5, 5.41) is 0. The van der Waals surface area contributed by atoms with Crippen molar-refractivity contribution in [2.75, 3.05) is 0 Å². The molecule has 0 spiro atoms. The lowest BCUT2D eigenvalue weighted by molar-refractivity contribution is 0.103. The summed E-state index contributed by atoms with van der Waals surface area (Å²) in [6, 6.07) is 10.6. The SMILES string of the molecule is CC(C)(C)c1ccc(C(=O)c2cccc(F)c2F)cc1. The van der Waals surface area contributed by atoms with E-state index in [0.29, 0.717) is 5.56 Å². The van der Waals surface area contributed by atoms with Crippen molar-refractivity contribution in [3.8, 4) is 0 Å². The summed E-state index contributed by atoms with van der Waals surface area (Å²) >= 11 is 0. The van der Waals surface area contributed by atoms with Crippen molar-refractivity contribution in [2.45, 2.75) is 26.2 Å². The van der Waals surface area contributed by atoms with Crippen molar-refractivity contribution >= 4 is 5.78 Å². The molecule has 0 fully saturated rings. The highest BCUT2D eigenvalue weighted by atomic mass is 19.2. The molecule has 0 N–H and O–H groups in total. The van der Waals surface area contributed by atoms with Gasteiger partial charge in [-0.15, -0.1) is 0 Å². The summed E-state index contributed by atoms with van der Waals surface area (Å²) < 4.78 is 26.8. The Bertz CT molecular complexity index is 637. The Balaban J connectivity index is 2.37. The van der Waals surface area contributed by atoms with Crippen LogP contribution >= 0.6 is 0 Å². The van der Waals surface area contributed by atoms with Crippen LogP contribution in [0, 0.1) is 11.6 Å². The lowest BCUT2D eigenvalue weighted by atomic mass is 9.86. The molecule has 0 atom stereocenters. The van der Waals surface area contributed by atoms with Crippen LogP contribution in [-0.2, 0) is 5.41 Å². The van der Waals surface area contributed by atoms with Gasteiger partial charge in [-0.3, -0.25) is 4.79 Å². The second kappa shape index (κ2) is 5.16. The van der Waals surface area contributed by atoms with Crippen molar-refractivity contribution in [3.05, 3.63) is 70.8 Å². The lowest BCUT2D eigenvalue weighted by Crippen LogP contribution is -2.12. The fourth-order valence-corrected chi connectivity index (χ4v) is 1.96. The lowest BCUT2D eigenvalue weighted by Gasteiger charge is -2.19. The first-order valence-corrected chi connectivity index (χ1v) is 6.40. The molecule has 0 aromatic heterocycles. The molecule has 0 aliphatic heterocycles. The summed E-state index contributed by atoms with van der Waals surface area (Å²) in [6.45, 7) is 6.20. The van der Waals surface area contributed by atoms with Crippen molar-refractivity contribution in [1.29, 1.82) is 0 Å². The third-order valence-electron chi connectivity index (χ3n) is 3.21. The van der Waals surface area contributed by atoms with E-state index in [-0.39, 0.29) is 11.0 Å². The van der Waals surface area contributed by atoms with Gasteiger partial charge in [0.1, 0.15) is 0 Å². The van der Waals surface area contributed by atoms with E-state index in [9.17, 15) is 13.6 Å². The molecule has 0 bridgehead atoms. The van der Waals surface area contributed by atoms with Gasteiger partial charge in [0, 0.05) is 5.56 Å². The predicted molar refractivity (Wildman–Crippen MR) is 74.9 cm³/mol. The number of halogens is 2. The van der Waals surface area contributed by atoms with E-state index in [1.165, 1.54) is 12.1 Å². The van der Waals surface area contributed by atoms with Crippen molar-refractivity contribution in [2.24, 2.45) is 0 Å². The van der Waals surface area contributed by atoms with Gasteiger partial charge in [-0.05, 0) is 23.1 Å². The highest BCUT2D eigenvalue weighted by Gasteiger charge is 2.18. The van der Waals surface area contributed by atoms with Gasteiger partial charge < -0.3 is 0 Å². The molecule has 3 heteroatoms. The average Bonchev–Trinajstić information content (AvgIpc) is 2.40. The molecule has 2 aromatic rings. The quantitative estimate of drug-likeness (QED) is 0.737. The molecule has 0 radical (unpaired) electrons. The maximum absolute atomic E-state index is 13.6. The van der Waals surface area contributed by atoms with Crippen LogP contribution in [-0.4, -0.2) is 5.78 Å². The first kappa shape index (κ1) is 14.4. The number of hydrogen-bond donors (Lipinski definition) is 0. The third kappa shape index (κ3) is 2.77. The predicted octanol–water partition coefficient (Wildman–Crippen LogP) is 4.49. The van der Waals surface area contributed by atoms with Crippen molar-refractivity contribution in [1.82, 2.24) is 0 Å². The second-order valence-corrected chi connectivity index (χ2v) is 5.76. The van der Waals surface area contributed by atoms with E-state index in [4.69, 9.17) is 0 Å². The zero-order chi connectivity index (χ0) is 14.9. The minimum Gasteiger partial charge on any atom is -0.288 e. The Morgan fingerprint density at radius 2 is 1.55 bits per heavy atom. The Morgan fingerprint density at radius 3 is 2.10 bits per heavy atom. The van der Waals surface area contributed by atoms with E-state index in [2.05, 4.69) is 20.8 Å². The van der Waals surface area contributed by atoms with E-state index in [1.54, 1.807) is 12.1 Å². The number of rotatable bonds is 2. The fourth-order valence-electron chi connectivity index (χ4n) is 1.96. The summed E-state index contributed by atoms with van der Waals surface area (Å²) in [4.78, 5) is 12.2. The molecule has 0 amide bonds. The number of hydrogen-bond acceptors (Lipinski definition) is 1. The summed E-state index contributed by atoms with van der Waals surface area (Å²) in [5.41, 5.74) is 1.16. The van der Waals surface area contributed by atoms with Gasteiger partial charge in [-0.1, -0.05) is 51.1 Å². The van der Waals surface area contributed by atoms with Crippen LogP contribution in [0.1, 0.15) is 42.3 Å². The van der Waals surface area contributed by atoms with Gasteiger partial charge in [0.05, 0.1) is 5.56 Å². The maximum atomic E-state index is 13.6. The van der Waals surface area contributed by atoms with E-state index >= 15 is 0 Å². The first-order valence-electron chi connectivity index (χ1n) is 6.40. The minimum absolute atomic E-state index is 0.0221. The molecule has 0 saturated heterocycles. The molecule has 2 aromatic carbocycles. The topological polar surface area (TPSA) is 17.1 Å². The van der Waals surface area contributed by atoms with Crippen LogP contribution < -0.4 is 0 Å². The van der Waals surface area contributed by atoms with Crippen LogP contribution in [0.3, 0.4) is 0 Å². The molecule has 104 valence electrons. The van der Waals surface area contributed by atoms with Crippen LogP contribution in [0.5, 0.6) is 0 Å². The molecule has 1 nitrogen and oxygen atoms in total.